The second kappa shape index (κ2) is 8.69. The van der Waals surface area contributed by atoms with E-state index in [-0.39, 0.29) is 30.5 Å². The molecular weight excluding hydrogens is 392 g/mol. The summed E-state index contributed by atoms with van der Waals surface area (Å²) in [7, 11) is 0. The van der Waals surface area contributed by atoms with Gasteiger partial charge in [0.05, 0.1) is 18.0 Å². The van der Waals surface area contributed by atoms with E-state index in [1.54, 1.807) is 31.3 Å². The van der Waals surface area contributed by atoms with Crippen molar-refractivity contribution in [3.63, 3.8) is 0 Å². The highest BCUT2D eigenvalue weighted by Crippen LogP contribution is 2.25. The number of aromatic nitrogens is 3. The van der Waals surface area contributed by atoms with Crippen LogP contribution >= 0.6 is 0 Å². The molecule has 2 heterocycles. The number of hydrazine groups is 1. The monoisotopic (exact) mass is 408 g/mol. The molecular formula is C18H16F4N6O. The van der Waals surface area contributed by atoms with Gasteiger partial charge in [0.2, 0.25) is 5.95 Å². The summed E-state index contributed by atoms with van der Waals surface area (Å²) in [6.07, 6.45) is 1.55. The van der Waals surface area contributed by atoms with Crippen molar-refractivity contribution in [2.45, 2.75) is 13.0 Å². The quantitative estimate of drug-likeness (QED) is 0.271. The lowest BCUT2D eigenvalue weighted by Crippen LogP contribution is -2.22. The van der Waals surface area contributed by atoms with Crippen molar-refractivity contribution in [2.75, 3.05) is 22.8 Å². The number of pyridine rings is 1. The molecule has 2 aromatic heterocycles. The van der Waals surface area contributed by atoms with E-state index in [1.165, 1.54) is 6.07 Å². The van der Waals surface area contributed by atoms with Crippen LogP contribution in [0.15, 0.2) is 36.5 Å². The van der Waals surface area contributed by atoms with Gasteiger partial charge in [0, 0.05) is 24.4 Å². The summed E-state index contributed by atoms with van der Waals surface area (Å²) in [6.45, 7) is 1.49. The Morgan fingerprint density at radius 2 is 1.69 bits per heavy atom. The third kappa shape index (κ3) is 4.69. The van der Waals surface area contributed by atoms with Crippen molar-refractivity contribution in [1.82, 2.24) is 15.0 Å². The molecule has 0 fully saturated rings. The smallest absolute Gasteiger partial charge is 0.225 e. The van der Waals surface area contributed by atoms with Crippen LogP contribution < -0.4 is 16.2 Å². The molecule has 29 heavy (non-hydrogen) atoms. The number of nitrogens with zero attached hydrogens (tertiary/aromatic N) is 3. The average molecular weight is 408 g/mol. The van der Waals surface area contributed by atoms with Crippen LogP contribution in [0.2, 0.25) is 0 Å². The number of rotatable bonds is 7. The normalized spacial score (nSPS) is 11.8. The van der Waals surface area contributed by atoms with Gasteiger partial charge in [-0.3, -0.25) is 15.8 Å². The predicted octanol–water partition coefficient (Wildman–Crippen LogP) is 3.33. The zero-order valence-corrected chi connectivity index (χ0v) is 15.0. The highest BCUT2D eigenvalue weighted by Gasteiger charge is 2.19. The maximum atomic E-state index is 13.8. The van der Waals surface area contributed by atoms with Crippen LogP contribution in [0.4, 0.5) is 35.0 Å². The van der Waals surface area contributed by atoms with E-state index in [9.17, 15) is 22.7 Å². The van der Waals surface area contributed by atoms with Crippen molar-refractivity contribution in [1.29, 1.82) is 0 Å². The summed E-state index contributed by atoms with van der Waals surface area (Å²) < 4.78 is 54.4. The number of hydrogen-bond acceptors (Lipinski definition) is 7. The van der Waals surface area contributed by atoms with Crippen molar-refractivity contribution in [3.8, 4) is 11.4 Å². The molecule has 0 saturated heterocycles. The van der Waals surface area contributed by atoms with E-state index >= 15 is 0 Å². The first-order chi connectivity index (χ1) is 13.9. The van der Waals surface area contributed by atoms with Gasteiger partial charge < -0.3 is 10.4 Å². The predicted molar refractivity (Wildman–Crippen MR) is 99.0 cm³/mol. The molecule has 0 spiro atoms. The molecule has 0 saturated carbocycles. The van der Waals surface area contributed by atoms with Crippen LogP contribution in [0.1, 0.15) is 6.92 Å². The third-order valence-corrected chi connectivity index (χ3v) is 3.73. The summed E-state index contributed by atoms with van der Waals surface area (Å²) in [4.78, 5) is 12.5. The summed E-state index contributed by atoms with van der Waals surface area (Å²) in [6, 6.07) is 6.26. The molecule has 11 heteroatoms. The van der Waals surface area contributed by atoms with Crippen LogP contribution in [0.5, 0.6) is 0 Å². The van der Waals surface area contributed by atoms with Gasteiger partial charge in [0.15, 0.2) is 29.1 Å². The highest BCUT2D eigenvalue weighted by molar-refractivity contribution is 5.62. The van der Waals surface area contributed by atoms with E-state index in [2.05, 4.69) is 31.1 Å². The third-order valence-electron chi connectivity index (χ3n) is 3.73. The Kier molecular flexibility index (Phi) is 6.07. The summed E-state index contributed by atoms with van der Waals surface area (Å²) in [5.41, 5.74) is 4.27. The molecule has 4 N–H and O–H groups in total. The van der Waals surface area contributed by atoms with Crippen molar-refractivity contribution < 1.29 is 22.7 Å². The van der Waals surface area contributed by atoms with Crippen molar-refractivity contribution in [2.24, 2.45) is 0 Å². The lowest BCUT2D eigenvalue weighted by atomic mass is 10.2. The van der Waals surface area contributed by atoms with Crippen molar-refractivity contribution in [3.05, 3.63) is 59.8 Å². The zero-order chi connectivity index (χ0) is 21.0. The number of hydrogen-bond donors (Lipinski definition) is 4. The van der Waals surface area contributed by atoms with Gasteiger partial charge in [-0.25, -0.2) is 22.5 Å². The maximum Gasteiger partial charge on any atom is 0.225 e. The average Bonchev–Trinajstić information content (AvgIpc) is 2.72. The minimum atomic E-state index is -1.59. The molecule has 0 unspecified atom stereocenters. The topological polar surface area (TPSA) is 95.0 Å². The molecule has 3 aromatic rings. The van der Waals surface area contributed by atoms with Crippen molar-refractivity contribution >= 4 is 17.5 Å². The Labute approximate surface area is 162 Å². The van der Waals surface area contributed by atoms with Crippen LogP contribution in [0, 0.1) is 23.3 Å². The number of aliphatic hydroxyl groups excluding tert-OH is 1. The van der Waals surface area contributed by atoms with Gasteiger partial charge >= 0.3 is 0 Å². The number of nitrogens with one attached hydrogen (secondary N) is 3. The van der Waals surface area contributed by atoms with Crippen LogP contribution in [0.3, 0.4) is 0 Å². The Morgan fingerprint density at radius 3 is 2.31 bits per heavy atom. The summed E-state index contributed by atoms with van der Waals surface area (Å²) in [5, 5.41) is 12.0. The molecule has 1 aromatic carbocycles. The largest absolute Gasteiger partial charge is 0.394 e. The fourth-order valence-corrected chi connectivity index (χ4v) is 2.30. The standard InChI is InChI=1S/C18H16F4N6O/c1-9(8-29)24-18-25-13(12-4-2-3-5-23-12)7-14(26-18)27-28-17-15(21)10(19)6-11(20)16(17)22/h2-7,9,28-29H,8H2,1H3,(H2,24,25,26,27)/t9-/m1/s1. The molecule has 1 atom stereocenters. The Hall–Kier alpha value is -3.47. The molecule has 0 aliphatic rings. The minimum absolute atomic E-state index is 0.0248. The molecule has 0 amide bonds. The number of aliphatic hydroxyl groups is 1. The molecule has 152 valence electrons. The van der Waals surface area contributed by atoms with Gasteiger partial charge in [-0.2, -0.15) is 4.98 Å². The maximum absolute atomic E-state index is 13.8. The number of benzene rings is 1. The zero-order valence-electron chi connectivity index (χ0n) is 15.0. The van der Waals surface area contributed by atoms with Gasteiger partial charge in [-0.15, -0.1) is 0 Å². The fraction of sp³-hybridized carbons (Fsp3) is 0.167. The molecule has 7 nitrogen and oxygen atoms in total. The van der Waals surface area contributed by atoms with Gasteiger partial charge in [-0.05, 0) is 19.1 Å². The lowest BCUT2D eigenvalue weighted by molar-refractivity contribution is 0.281. The first kappa shape index (κ1) is 20.3. The van der Waals surface area contributed by atoms with E-state index in [4.69, 9.17) is 0 Å². The first-order valence-corrected chi connectivity index (χ1v) is 8.42. The number of halogens is 4. The minimum Gasteiger partial charge on any atom is -0.394 e. The molecule has 3 rings (SSSR count). The van der Waals surface area contributed by atoms with E-state index in [0.717, 1.165) is 0 Å². The van der Waals surface area contributed by atoms with Crippen LogP contribution in [-0.4, -0.2) is 32.7 Å². The lowest BCUT2D eigenvalue weighted by Gasteiger charge is -2.15. The van der Waals surface area contributed by atoms with Crippen LogP contribution in [0.25, 0.3) is 11.4 Å². The van der Waals surface area contributed by atoms with Gasteiger partial charge in [-0.1, -0.05) is 6.07 Å². The Balaban J connectivity index is 1.93. The highest BCUT2D eigenvalue weighted by atomic mass is 19.2. The second-order valence-electron chi connectivity index (χ2n) is 6.00. The first-order valence-electron chi connectivity index (χ1n) is 8.42. The van der Waals surface area contributed by atoms with E-state index in [1.807, 2.05) is 0 Å². The molecule has 0 aliphatic heterocycles. The molecule has 0 aliphatic carbocycles. The Bertz CT molecular complexity index is 979. The van der Waals surface area contributed by atoms with Gasteiger partial charge in [0.1, 0.15) is 5.69 Å². The summed E-state index contributed by atoms with van der Waals surface area (Å²) in [5.74, 6) is -6.18. The summed E-state index contributed by atoms with van der Waals surface area (Å²) >= 11 is 0. The van der Waals surface area contributed by atoms with E-state index in [0.29, 0.717) is 11.4 Å². The SMILES string of the molecule is C[C@H](CO)Nc1nc(NNc2c(F)c(F)cc(F)c2F)cc(-c2ccccn2)n1. The number of anilines is 3. The van der Waals surface area contributed by atoms with Gasteiger partial charge in [0.25, 0.3) is 0 Å². The molecule has 0 bridgehead atoms. The van der Waals surface area contributed by atoms with Crippen LogP contribution in [-0.2, 0) is 0 Å². The fourth-order valence-electron chi connectivity index (χ4n) is 2.30. The van der Waals surface area contributed by atoms with E-state index < -0.39 is 29.0 Å². The molecule has 0 radical (unpaired) electrons. The second-order valence-corrected chi connectivity index (χ2v) is 6.00. The Morgan fingerprint density at radius 1 is 0.966 bits per heavy atom.